The number of aromatic nitrogens is 1. The van der Waals surface area contributed by atoms with E-state index < -0.39 is 16.9 Å². The van der Waals surface area contributed by atoms with Gasteiger partial charge in [-0.15, -0.1) is 0 Å². The fourth-order valence-corrected chi connectivity index (χ4v) is 1.72. The number of carboxylic acid groups (broad SMARTS) is 1. The van der Waals surface area contributed by atoms with Crippen LogP contribution >= 0.6 is 0 Å². The molecule has 1 aromatic heterocycles. The minimum Gasteiger partial charge on any atom is -0.480 e. The lowest BCUT2D eigenvalue weighted by molar-refractivity contribution is -0.384. The highest BCUT2D eigenvalue weighted by Gasteiger charge is 2.16. The first-order chi connectivity index (χ1) is 8.00. The van der Waals surface area contributed by atoms with Gasteiger partial charge in [0.25, 0.3) is 5.69 Å². The zero-order valence-electron chi connectivity index (χ0n) is 9.03. The van der Waals surface area contributed by atoms with Crippen LogP contribution in [-0.4, -0.2) is 20.6 Å². The van der Waals surface area contributed by atoms with Gasteiger partial charge in [-0.2, -0.15) is 0 Å². The standard InChI is InChI=1S/C11H10N2O4/c1-7(11(14)15)12-5-4-8-6-9(13(16)17)2-3-10(8)12/h2-7H,1H3,(H,14,15)/t7-/m1/s1. The number of nitrogens with zero attached hydrogens (tertiary/aromatic N) is 2. The first-order valence-corrected chi connectivity index (χ1v) is 4.98. The smallest absolute Gasteiger partial charge is 0.326 e. The van der Waals surface area contributed by atoms with Crippen LogP contribution in [0.4, 0.5) is 5.69 Å². The lowest BCUT2D eigenvalue weighted by Crippen LogP contribution is -2.14. The highest BCUT2D eigenvalue weighted by molar-refractivity contribution is 5.84. The van der Waals surface area contributed by atoms with E-state index in [0.717, 1.165) is 0 Å². The second kappa shape index (κ2) is 3.89. The Morgan fingerprint density at radius 3 is 2.76 bits per heavy atom. The molecule has 0 fully saturated rings. The van der Waals surface area contributed by atoms with Gasteiger partial charge in [-0.25, -0.2) is 4.79 Å². The first-order valence-electron chi connectivity index (χ1n) is 4.98. The van der Waals surface area contributed by atoms with Crippen LogP contribution in [0.25, 0.3) is 10.9 Å². The lowest BCUT2D eigenvalue weighted by Gasteiger charge is -2.09. The third-order valence-corrected chi connectivity index (χ3v) is 2.69. The van der Waals surface area contributed by atoms with Crippen LogP contribution in [0, 0.1) is 10.1 Å². The van der Waals surface area contributed by atoms with E-state index in [1.807, 2.05) is 0 Å². The molecule has 0 bridgehead atoms. The molecule has 0 unspecified atom stereocenters. The normalized spacial score (nSPS) is 12.5. The summed E-state index contributed by atoms with van der Waals surface area (Å²) < 4.78 is 1.57. The Morgan fingerprint density at radius 1 is 1.47 bits per heavy atom. The molecule has 2 rings (SSSR count). The van der Waals surface area contributed by atoms with Gasteiger partial charge in [0.1, 0.15) is 6.04 Å². The molecule has 6 heteroatoms. The zero-order chi connectivity index (χ0) is 12.6. The molecule has 0 radical (unpaired) electrons. The van der Waals surface area contributed by atoms with Crippen molar-refractivity contribution in [2.45, 2.75) is 13.0 Å². The number of nitro benzene ring substituents is 1. The Morgan fingerprint density at radius 2 is 2.18 bits per heavy atom. The maximum Gasteiger partial charge on any atom is 0.326 e. The summed E-state index contributed by atoms with van der Waals surface area (Å²) in [5.74, 6) is -0.944. The number of benzene rings is 1. The van der Waals surface area contributed by atoms with Crippen molar-refractivity contribution in [3.63, 3.8) is 0 Å². The van der Waals surface area contributed by atoms with Crippen molar-refractivity contribution in [2.24, 2.45) is 0 Å². The summed E-state index contributed by atoms with van der Waals surface area (Å²) in [6.07, 6.45) is 1.62. The Hall–Kier alpha value is -2.37. The maximum absolute atomic E-state index is 10.9. The van der Waals surface area contributed by atoms with Gasteiger partial charge in [0, 0.05) is 29.2 Å². The Bertz CT molecular complexity index is 603. The van der Waals surface area contributed by atoms with Crippen LogP contribution in [0.3, 0.4) is 0 Å². The van der Waals surface area contributed by atoms with E-state index in [-0.39, 0.29) is 5.69 Å². The quantitative estimate of drug-likeness (QED) is 0.651. The maximum atomic E-state index is 10.9. The topological polar surface area (TPSA) is 85.4 Å². The molecular formula is C11H10N2O4. The average Bonchev–Trinajstić information content (AvgIpc) is 2.70. The molecule has 0 aliphatic heterocycles. The fraction of sp³-hybridized carbons (Fsp3) is 0.182. The third kappa shape index (κ3) is 1.84. The van der Waals surface area contributed by atoms with Crippen molar-refractivity contribution < 1.29 is 14.8 Å². The summed E-state index contributed by atoms with van der Waals surface area (Å²) in [7, 11) is 0. The Balaban J connectivity index is 2.56. The van der Waals surface area contributed by atoms with E-state index in [4.69, 9.17) is 5.11 Å². The van der Waals surface area contributed by atoms with Gasteiger partial charge >= 0.3 is 5.97 Å². The molecule has 0 saturated heterocycles. The molecule has 1 atom stereocenters. The van der Waals surface area contributed by atoms with Crippen LogP contribution in [0.15, 0.2) is 30.5 Å². The van der Waals surface area contributed by atoms with Crippen LogP contribution in [0.5, 0.6) is 0 Å². The number of non-ortho nitro benzene ring substituents is 1. The Labute approximate surface area is 96.2 Å². The monoisotopic (exact) mass is 234 g/mol. The van der Waals surface area contributed by atoms with E-state index >= 15 is 0 Å². The van der Waals surface area contributed by atoms with E-state index in [2.05, 4.69) is 0 Å². The van der Waals surface area contributed by atoms with E-state index in [1.54, 1.807) is 29.8 Å². The van der Waals surface area contributed by atoms with Crippen LogP contribution in [0.2, 0.25) is 0 Å². The van der Waals surface area contributed by atoms with Gasteiger partial charge < -0.3 is 9.67 Å². The molecule has 0 spiro atoms. The van der Waals surface area contributed by atoms with Gasteiger partial charge in [-0.1, -0.05) is 0 Å². The zero-order valence-corrected chi connectivity index (χ0v) is 9.03. The number of hydrogen-bond acceptors (Lipinski definition) is 3. The number of hydrogen-bond donors (Lipinski definition) is 1. The van der Waals surface area contributed by atoms with Gasteiger partial charge in [0.15, 0.2) is 0 Å². The number of carbonyl (C=O) groups is 1. The lowest BCUT2D eigenvalue weighted by atomic mass is 10.2. The highest BCUT2D eigenvalue weighted by atomic mass is 16.6. The molecule has 0 amide bonds. The molecular weight excluding hydrogens is 224 g/mol. The number of rotatable bonds is 3. The molecule has 2 aromatic rings. The summed E-state index contributed by atoms with van der Waals surface area (Å²) in [6, 6.07) is 5.33. The van der Waals surface area contributed by atoms with Crippen LogP contribution in [-0.2, 0) is 4.79 Å². The second-order valence-corrected chi connectivity index (χ2v) is 3.74. The number of nitro groups is 1. The summed E-state index contributed by atoms with van der Waals surface area (Å²) in [6.45, 7) is 1.56. The summed E-state index contributed by atoms with van der Waals surface area (Å²) >= 11 is 0. The number of aliphatic carboxylic acids is 1. The van der Waals surface area contributed by atoms with Crippen molar-refractivity contribution >= 4 is 22.6 Å². The average molecular weight is 234 g/mol. The summed E-state index contributed by atoms with van der Waals surface area (Å²) in [5, 5.41) is 20.2. The molecule has 17 heavy (non-hydrogen) atoms. The predicted molar refractivity (Wildman–Crippen MR) is 60.9 cm³/mol. The highest BCUT2D eigenvalue weighted by Crippen LogP contribution is 2.24. The minimum atomic E-state index is -0.944. The fourth-order valence-electron chi connectivity index (χ4n) is 1.72. The second-order valence-electron chi connectivity index (χ2n) is 3.74. The molecule has 1 N–H and O–H groups in total. The molecule has 1 aromatic carbocycles. The predicted octanol–water partition coefficient (Wildman–Crippen LogP) is 2.20. The molecule has 6 nitrogen and oxygen atoms in total. The van der Waals surface area contributed by atoms with Gasteiger partial charge in [0.2, 0.25) is 0 Å². The van der Waals surface area contributed by atoms with E-state index in [1.165, 1.54) is 12.1 Å². The largest absolute Gasteiger partial charge is 0.480 e. The van der Waals surface area contributed by atoms with E-state index in [9.17, 15) is 14.9 Å². The van der Waals surface area contributed by atoms with Crippen molar-refractivity contribution in [3.05, 3.63) is 40.6 Å². The number of carboxylic acids is 1. The van der Waals surface area contributed by atoms with Crippen LogP contribution in [0.1, 0.15) is 13.0 Å². The Kier molecular flexibility index (Phi) is 2.55. The van der Waals surface area contributed by atoms with Gasteiger partial charge in [0.05, 0.1) is 4.92 Å². The van der Waals surface area contributed by atoms with Gasteiger partial charge in [-0.05, 0) is 19.1 Å². The van der Waals surface area contributed by atoms with E-state index in [0.29, 0.717) is 10.9 Å². The summed E-state index contributed by atoms with van der Waals surface area (Å²) in [4.78, 5) is 21.0. The van der Waals surface area contributed by atoms with Crippen molar-refractivity contribution in [3.8, 4) is 0 Å². The molecule has 0 aliphatic rings. The SMILES string of the molecule is C[C@H](C(=O)O)n1ccc2cc([N+](=O)[O-])ccc21. The van der Waals surface area contributed by atoms with Crippen molar-refractivity contribution in [2.75, 3.05) is 0 Å². The molecule has 1 heterocycles. The minimum absolute atomic E-state index is 0.00164. The number of fused-ring (bicyclic) bond motifs is 1. The first kappa shape index (κ1) is 11.1. The van der Waals surface area contributed by atoms with Crippen molar-refractivity contribution in [1.82, 2.24) is 4.57 Å². The van der Waals surface area contributed by atoms with Crippen molar-refractivity contribution in [1.29, 1.82) is 0 Å². The molecule has 0 aliphatic carbocycles. The van der Waals surface area contributed by atoms with Crippen LogP contribution < -0.4 is 0 Å². The summed E-state index contributed by atoms with van der Waals surface area (Å²) in [5.41, 5.74) is 0.670. The molecule has 0 saturated carbocycles. The van der Waals surface area contributed by atoms with Gasteiger partial charge in [-0.3, -0.25) is 10.1 Å². The molecule has 88 valence electrons. The third-order valence-electron chi connectivity index (χ3n) is 2.69.